The Morgan fingerprint density at radius 2 is 1.92 bits per heavy atom. The number of anilines is 1. The van der Waals surface area contributed by atoms with Crippen molar-refractivity contribution in [3.8, 4) is 0 Å². The Balaban J connectivity index is 1.80. The molecule has 12 nitrogen and oxygen atoms in total. The van der Waals surface area contributed by atoms with Crippen LogP contribution < -0.4 is 15.5 Å². The van der Waals surface area contributed by atoms with E-state index in [1.54, 1.807) is 11.8 Å². The molecule has 3 rings (SSSR count). The zero-order chi connectivity index (χ0) is 29.1. The zero-order valence-electron chi connectivity index (χ0n) is 20.3. The molecule has 0 saturated carbocycles. The van der Waals surface area contributed by atoms with Crippen LogP contribution in [-0.2, 0) is 14.3 Å². The van der Waals surface area contributed by atoms with Gasteiger partial charge in [-0.25, -0.2) is 14.6 Å². The number of aliphatic hydroxyl groups is 1. The fraction of sp³-hybridized carbons (Fsp3) is 0.476. The maximum Gasteiger partial charge on any atom is 0.491 e. The number of halogens is 5. The van der Waals surface area contributed by atoms with Crippen LogP contribution in [0.3, 0.4) is 0 Å². The minimum absolute atomic E-state index is 0.0530. The second-order valence-electron chi connectivity index (χ2n) is 8.17. The lowest BCUT2D eigenvalue weighted by Crippen LogP contribution is -2.55. The van der Waals surface area contributed by atoms with Crippen molar-refractivity contribution < 1.29 is 46.9 Å². The number of ether oxygens (including phenoxy) is 2. The molecule has 0 aliphatic carbocycles. The molecule has 3 heterocycles. The van der Waals surface area contributed by atoms with Crippen LogP contribution in [0.2, 0.25) is 10.0 Å². The van der Waals surface area contributed by atoms with E-state index in [4.69, 9.17) is 33.0 Å². The third-order valence-corrected chi connectivity index (χ3v) is 7.62. The van der Waals surface area contributed by atoms with Crippen LogP contribution in [0.5, 0.6) is 0 Å². The second kappa shape index (κ2) is 12.5. The Hall–Kier alpha value is -2.92. The molecule has 0 spiro atoms. The van der Waals surface area contributed by atoms with Crippen LogP contribution in [0.4, 0.5) is 18.3 Å². The molecule has 4 N–H and O–H groups in total. The first-order valence-corrected chi connectivity index (χ1v) is 12.7. The van der Waals surface area contributed by atoms with Gasteiger partial charge in [0.25, 0.3) is 11.8 Å². The molecule has 1 aliphatic rings. The Labute approximate surface area is 232 Å². The van der Waals surface area contributed by atoms with E-state index in [1.165, 1.54) is 7.11 Å². The quantitative estimate of drug-likeness (QED) is 0.257. The van der Waals surface area contributed by atoms with Crippen LogP contribution in [-0.4, -0.2) is 90.5 Å². The van der Waals surface area contributed by atoms with E-state index in [9.17, 15) is 32.3 Å². The van der Waals surface area contributed by atoms with Crippen molar-refractivity contribution in [2.24, 2.45) is 0 Å². The molecule has 0 bridgehead atoms. The number of esters is 2. The number of carbonyl (C=O) groups is 4. The first kappa shape index (κ1) is 30.6. The molecule has 39 heavy (non-hydrogen) atoms. The van der Waals surface area contributed by atoms with E-state index in [1.807, 2.05) is 0 Å². The van der Waals surface area contributed by atoms with E-state index in [0.717, 1.165) is 0 Å². The standard InChI is InChI=1S/C21H22Cl2F3N5O7S/c1-8-11(22)12(23)13(28-8)16(33)29-9-3-5-31(7-10(9)37-2)20-30-14(15(39-20)17(34)27-4-6-32)18(35)38-19(36)21(24,25)26/h9-10,28,32H,3-7H2,1-2H3,(H,27,34)(H,29,33). The van der Waals surface area contributed by atoms with Crippen molar-refractivity contribution in [1.29, 1.82) is 0 Å². The number of rotatable bonds is 8. The third kappa shape index (κ3) is 7.00. The number of carbonyl (C=O) groups excluding carboxylic acids is 4. The summed E-state index contributed by atoms with van der Waals surface area (Å²) in [6, 6.07) is -0.502. The van der Waals surface area contributed by atoms with Gasteiger partial charge in [0.1, 0.15) is 10.6 Å². The fourth-order valence-electron chi connectivity index (χ4n) is 3.64. The highest BCUT2D eigenvalue weighted by molar-refractivity contribution is 7.17. The van der Waals surface area contributed by atoms with Crippen LogP contribution in [0.15, 0.2) is 0 Å². The first-order valence-electron chi connectivity index (χ1n) is 11.1. The van der Waals surface area contributed by atoms with Gasteiger partial charge in [-0.3, -0.25) is 9.59 Å². The maximum absolute atomic E-state index is 12.8. The highest BCUT2D eigenvalue weighted by atomic mass is 35.5. The Morgan fingerprint density at radius 3 is 2.49 bits per heavy atom. The monoisotopic (exact) mass is 615 g/mol. The number of piperidine rings is 1. The molecule has 2 atom stereocenters. The summed E-state index contributed by atoms with van der Waals surface area (Å²) >= 11 is 12.8. The summed E-state index contributed by atoms with van der Waals surface area (Å²) in [4.78, 5) is 56.7. The lowest BCUT2D eigenvalue weighted by atomic mass is 10.0. The number of thiazole rings is 1. The van der Waals surface area contributed by atoms with Gasteiger partial charge in [-0.05, 0) is 13.3 Å². The van der Waals surface area contributed by atoms with E-state index in [-0.39, 0.29) is 40.5 Å². The van der Waals surface area contributed by atoms with Crippen molar-refractivity contribution >= 4 is 63.4 Å². The lowest BCUT2D eigenvalue weighted by molar-refractivity contribution is -0.193. The van der Waals surface area contributed by atoms with Gasteiger partial charge < -0.3 is 35.1 Å². The fourth-order valence-corrected chi connectivity index (χ4v) is 5.06. The van der Waals surface area contributed by atoms with Gasteiger partial charge in [-0.15, -0.1) is 0 Å². The van der Waals surface area contributed by atoms with E-state index in [0.29, 0.717) is 23.5 Å². The molecular weight excluding hydrogens is 594 g/mol. The highest BCUT2D eigenvalue weighted by Crippen LogP contribution is 2.32. The number of hydrogen-bond acceptors (Lipinski definition) is 10. The number of aromatic nitrogens is 2. The number of aliphatic hydroxyl groups excluding tert-OH is 1. The summed E-state index contributed by atoms with van der Waals surface area (Å²) in [6.07, 6.45) is -5.77. The van der Waals surface area contributed by atoms with Gasteiger partial charge in [0.05, 0.1) is 28.8 Å². The molecule has 2 amide bonds. The predicted octanol–water partition coefficient (Wildman–Crippen LogP) is 2.08. The highest BCUT2D eigenvalue weighted by Gasteiger charge is 2.44. The zero-order valence-corrected chi connectivity index (χ0v) is 22.6. The van der Waals surface area contributed by atoms with Crippen LogP contribution in [0.25, 0.3) is 0 Å². The van der Waals surface area contributed by atoms with Crippen molar-refractivity contribution in [2.45, 2.75) is 31.7 Å². The van der Waals surface area contributed by atoms with Crippen molar-refractivity contribution in [1.82, 2.24) is 20.6 Å². The summed E-state index contributed by atoms with van der Waals surface area (Å²) < 4.78 is 47.1. The van der Waals surface area contributed by atoms with Gasteiger partial charge in [-0.2, -0.15) is 13.2 Å². The number of aromatic amines is 1. The summed E-state index contributed by atoms with van der Waals surface area (Å²) in [5, 5.41) is 14.4. The SMILES string of the molecule is COC1CN(c2nc(C(=O)OC(=O)C(F)(F)F)c(C(=O)NCCO)s2)CCC1NC(=O)c1[nH]c(C)c(Cl)c1Cl. The molecule has 1 saturated heterocycles. The minimum atomic E-state index is -5.44. The van der Waals surface area contributed by atoms with Crippen LogP contribution in [0.1, 0.15) is 42.8 Å². The number of alkyl halides is 3. The maximum atomic E-state index is 12.8. The number of hydrogen-bond donors (Lipinski definition) is 4. The van der Waals surface area contributed by atoms with Crippen molar-refractivity contribution in [3.63, 3.8) is 0 Å². The summed E-state index contributed by atoms with van der Waals surface area (Å²) in [6.45, 7) is 1.31. The topological polar surface area (TPSA) is 163 Å². The number of methoxy groups -OCH3 is 1. The Morgan fingerprint density at radius 1 is 1.23 bits per heavy atom. The minimum Gasteiger partial charge on any atom is -0.395 e. The first-order chi connectivity index (χ1) is 18.3. The smallest absolute Gasteiger partial charge is 0.395 e. The molecule has 0 aromatic carbocycles. The predicted molar refractivity (Wildman–Crippen MR) is 132 cm³/mol. The number of H-pyrrole nitrogens is 1. The van der Waals surface area contributed by atoms with E-state index >= 15 is 0 Å². The summed E-state index contributed by atoms with van der Waals surface area (Å²) in [5.74, 6) is -5.97. The Kier molecular flexibility index (Phi) is 9.82. The molecule has 0 radical (unpaired) electrons. The number of nitrogens with one attached hydrogen (secondary N) is 3. The van der Waals surface area contributed by atoms with Crippen molar-refractivity contribution in [3.05, 3.63) is 32.0 Å². The third-order valence-electron chi connectivity index (χ3n) is 5.56. The van der Waals surface area contributed by atoms with Gasteiger partial charge in [0.2, 0.25) is 0 Å². The van der Waals surface area contributed by atoms with Crippen LogP contribution >= 0.6 is 34.5 Å². The normalized spacial score (nSPS) is 17.6. The van der Waals surface area contributed by atoms with Crippen LogP contribution in [0, 0.1) is 6.92 Å². The van der Waals surface area contributed by atoms with Gasteiger partial charge in [0.15, 0.2) is 10.8 Å². The Bertz CT molecular complexity index is 1270. The summed E-state index contributed by atoms with van der Waals surface area (Å²) in [5.41, 5.74) is -0.216. The summed E-state index contributed by atoms with van der Waals surface area (Å²) in [7, 11) is 1.40. The number of amides is 2. The van der Waals surface area contributed by atoms with E-state index < -0.39 is 59.3 Å². The number of nitrogens with zero attached hydrogens (tertiary/aromatic N) is 2. The largest absolute Gasteiger partial charge is 0.491 e. The molecule has 2 aromatic heterocycles. The average molecular weight is 616 g/mol. The molecule has 214 valence electrons. The molecular formula is C21H22Cl2F3N5O7S. The molecule has 1 aliphatic heterocycles. The van der Waals surface area contributed by atoms with Gasteiger partial charge >= 0.3 is 18.1 Å². The van der Waals surface area contributed by atoms with Gasteiger partial charge in [0, 0.05) is 32.4 Å². The van der Waals surface area contributed by atoms with E-state index in [2.05, 4.69) is 25.3 Å². The molecule has 2 aromatic rings. The average Bonchev–Trinajstić information content (AvgIpc) is 3.44. The number of aryl methyl sites for hydroxylation is 1. The molecule has 1 fully saturated rings. The molecule has 18 heteroatoms. The second-order valence-corrected chi connectivity index (χ2v) is 9.90. The van der Waals surface area contributed by atoms with Crippen molar-refractivity contribution in [2.75, 3.05) is 38.3 Å². The van der Waals surface area contributed by atoms with Gasteiger partial charge in [-0.1, -0.05) is 34.5 Å². The lowest BCUT2D eigenvalue weighted by Gasteiger charge is -2.37. The molecule has 2 unspecified atom stereocenters.